The highest BCUT2D eigenvalue weighted by Gasteiger charge is 2.32. The van der Waals surface area contributed by atoms with E-state index >= 15 is 0 Å². The van der Waals surface area contributed by atoms with Crippen LogP contribution in [-0.2, 0) is 20.8 Å². The number of fused-ring (bicyclic) bond motifs is 1. The molecule has 4 N–H and O–H groups in total. The fourth-order valence-electron chi connectivity index (χ4n) is 4.34. The number of amides is 2. The second kappa shape index (κ2) is 12.4. The number of rotatable bonds is 11. The molecule has 0 fully saturated rings. The molecule has 0 aliphatic carbocycles. The lowest BCUT2D eigenvalue weighted by molar-refractivity contribution is -0.143. The third-order valence-corrected chi connectivity index (χ3v) is 6.29. The van der Waals surface area contributed by atoms with Crippen molar-refractivity contribution in [3.8, 4) is 0 Å². The molecule has 0 bridgehead atoms. The maximum Gasteiger partial charge on any atom is 0.329 e. The predicted molar refractivity (Wildman–Crippen MR) is 144 cm³/mol. The van der Waals surface area contributed by atoms with Crippen LogP contribution in [0.25, 0.3) is 10.9 Å². The van der Waals surface area contributed by atoms with Crippen molar-refractivity contribution in [2.75, 3.05) is 0 Å². The average molecular weight is 523 g/mol. The number of carboxylic acid groups (broad SMARTS) is 1. The minimum atomic E-state index is -1.26. The first kappa shape index (κ1) is 28.4. The van der Waals surface area contributed by atoms with Gasteiger partial charge >= 0.3 is 11.7 Å². The molecule has 3 rings (SSSR count). The van der Waals surface area contributed by atoms with Gasteiger partial charge in [0.2, 0.25) is 11.8 Å². The molecule has 10 nitrogen and oxygen atoms in total. The first-order chi connectivity index (χ1) is 18.0. The van der Waals surface area contributed by atoms with Crippen LogP contribution in [0.5, 0.6) is 0 Å². The van der Waals surface area contributed by atoms with Crippen molar-refractivity contribution in [1.29, 1.82) is 0 Å². The summed E-state index contributed by atoms with van der Waals surface area (Å²) < 4.78 is 0.878. The van der Waals surface area contributed by atoms with Crippen LogP contribution in [0.1, 0.15) is 45.7 Å². The van der Waals surface area contributed by atoms with Gasteiger partial charge in [0.05, 0.1) is 10.9 Å². The van der Waals surface area contributed by atoms with Crippen molar-refractivity contribution in [2.24, 2.45) is 11.8 Å². The van der Waals surface area contributed by atoms with E-state index < -0.39 is 47.2 Å². The van der Waals surface area contributed by atoms with E-state index in [9.17, 15) is 29.1 Å². The molecule has 0 saturated heterocycles. The molecular formula is C28H34N4O6. The van der Waals surface area contributed by atoms with Crippen LogP contribution in [0.3, 0.4) is 0 Å². The molecule has 2 aromatic carbocycles. The molecule has 0 aliphatic heterocycles. The molecule has 0 unspecified atom stereocenters. The van der Waals surface area contributed by atoms with E-state index in [0.29, 0.717) is 11.1 Å². The predicted octanol–water partition coefficient (Wildman–Crippen LogP) is 2.23. The van der Waals surface area contributed by atoms with Crippen LogP contribution < -0.4 is 21.9 Å². The number of hydrogen-bond acceptors (Lipinski definition) is 5. The SMILES string of the molecule is CC(C)C[C@H](NC(=O)[C@@H](Cc1ccccc1)n1c(=O)[nH]c2ccccc2c1=O)C(=O)N[C@@H](C(=O)O)C(C)C. The number of hydrogen-bond donors (Lipinski definition) is 4. The Balaban J connectivity index is 2.02. The normalized spacial score (nSPS) is 13.7. The maximum atomic E-state index is 13.7. The smallest absolute Gasteiger partial charge is 0.329 e. The summed E-state index contributed by atoms with van der Waals surface area (Å²) in [5.41, 5.74) is -0.317. The van der Waals surface area contributed by atoms with E-state index in [4.69, 9.17) is 0 Å². The van der Waals surface area contributed by atoms with Crippen molar-refractivity contribution in [3.63, 3.8) is 0 Å². The van der Waals surface area contributed by atoms with Gasteiger partial charge in [0.15, 0.2) is 0 Å². The van der Waals surface area contributed by atoms with Crippen molar-refractivity contribution in [3.05, 3.63) is 81.0 Å². The molecule has 0 spiro atoms. The van der Waals surface area contributed by atoms with E-state index in [1.807, 2.05) is 19.9 Å². The maximum absolute atomic E-state index is 13.7. The van der Waals surface area contributed by atoms with Gasteiger partial charge in [0.25, 0.3) is 5.56 Å². The third kappa shape index (κ3) is 6.76. The van der Waals surface area contributed by atoms with E-state index in [1.54, 1.807) is 62.4 Å². The fourth-order valence-corrected chi connectivity index (χ4v) is 4.34. The van der Waals surface area contributed by atoms with Crippen molar-refractivity contribution in [1.82, 2.24) is 20.2 Å². The van der Waals surface area contributed by atoms with E-state index in [-0.39, 0.29) is 30.1 Å². The molecule has 1 aromatic heterocycles. The molecule has 0 saturated carbocycles. The van der Waals surface area contributed by atoms with E-state index in [0.717, 1.165) is 4.57 Å². The highest BCUT2D eigenvalue weighted by Crippen LogP contribution is 2.16. The van der Waals surface area contributed by atoms with Crippen LogP contribution >= 0.6 is 0 Å². The summed E-state index contributed by atoms with van der Waals surface area (Å²) in [5, 5.41) is 15.0. The van der Waals surface area contributed by atoms with Crippen molar-refractivity contribution >= 4 is 28.7 Å². The van der Waals surface area contributed by atoms with Gasteiger partial charge in [-0.3, -0.25) is 14.4 Å². The van der Waals surface area contributed by atoms with Crippen molar-refractivity contribution in [2.45, 2.75) is 58.7 Å². The zero-order valence-electron chi connectivity index (χ0n) is 21.9. The summed E-state index contributed by atoms with van der Waals surface area (Å²) in [4.78, 5) is 67.6. The zero-order valence-corrected chi connectivity index (χ0v) is 21.9. The topological polar surface area (TPSA) is 150 Å². The number of benzene rings is 2. The molecule has 0 aliphatic rings. The van der Waals surface area contributed by atoms with Gasteiger partial charge in [-0.05, 0) is 36.0 Å². The lowest BCUT2D eigenvalue weighted by Gasteiger charge is -2.26. The second-order valence-electron chi connectivity index (χ2n) is 10.1. The first-order valence-electron chi connectivity index (χ1n) is 12.6. The van der Waals surface area contributed by atoms with Gasteiger partial charge in [-0.25, -0.2) is 14.2 Å². The minimum Gasteiger partial charge on any atom is -0.480 e. The quantitative estimate of drug-likeness (QED) is 0.303. The molecule has 0 radical (unpaired) electrons. The Morgan fingerprint density at radius 1 is 0.895 bits per heavy atom. The van der Waals surface area contributed by atoms with Gasteiger partial charge < -0.3 is 20.7 Å². The fraction of sp³-hybridized carbons (Fsp3) is 0.393. The molecule has 3 atom stereocenters. The number of aromatic amines is 1. The number of para-hydroxylation sites is 1. The summed E-state index contributed by atoms with van der Waals surface area (Å²) >= 11 is 0. The second-order valence-corrected chi connectivity index (χ2v) is 10.1. The number of nitrogens with one attached hydrogen (secondary N) is 3. The number of carbonyl (C=O) groups excluding carboxylic acids is 2. The monoisotopic (exact) mass is 522 g/mol. The number of carbonyl (C=O) groups is 3. The van der Waals surface area contributed by atoms with Gasteiger partial charge in [0, 0.05) is 6.42 Å². The molecule has 202 valence electrons. The largest absolute Gasteiger partial charge is 0.480 e. The molecule has 38 heavy (non-hydrogen) atoms. The van der Waals surface area contributed by atoms with E-state index in [1.165, 1.54) is 0 Å². The van der Waals surface area contributed by atoms with Crippen LogP contribution in [0.15, 0.2) is 64.2 Å². The van der Waals surface area contributed by atoms with Gasteiger partial charge in [0.1, 0.15) is 18.1 Å². The average Bonchev–Trinajstić information content (AvgIpc) is 2.86. The molecule has 2 amide bonds. The summed E-state index contributed by atoms with van der Waals surface area (Å²) in [6.45, 7) is 7.07. The Hall–Kier alpha value is -4.21. The lowest BCUT2D eigenvalue weighted by Crippen LogP contribution is -2.55. The molecule has 10 heteroatoms. The molecular weight excluding hydrogens is 488 g/mol. The summed E-state index contributed by atoms with van der Waals surface area (Å²) in [6, 6.07) is 12.0. The van der Waals surface area contributed by atoms with Gasteiger partial charge in [-0.1, -0.05) is 70.2 Å². The third-order valence-electron chi connectivity index (χ3n) is 6.29. The lowest BCUT2D eigenvalue weighted by atomic mass is 9.99. The number of H-pyrrole nitrogens is 1. The first-order valence-corrected chi connectivity index (χ1v) is 12.6. The Bertz CT molecular complexity index is 1410. The summed E-state index contributed by atoms with van der Waals surface area (Å²) in [5.74, 6) is -2.93. The highest BCUT2D eigenvalue weighted by molar-refractivity contribution is 5.91. The Morgan fingerprint density at radius 3 is 2.13 bits per heavy atom. The summed E-state index contributed by atoms with van der Waals surface area (Å²) in [6.07, 6.45) is 0.247. The van der Waals surface area contributed by atoms with Crippen molar-refractivity contribution < 1.29 is 19.5 Å². The van der Waals surface area contributed by atoms with Gasteiger partial charge in [-0.2, -0.15) is 0 Å². The van der Waals surface area contributed by atoms with Crippen LogP contribution in [0, 0.1) is 11.8 Å². The number of carboxylic acids is 1. The van der Waals surface area contributed by atoms with Crippen LogP contribution in [0.4, 0.5) is 0 Å². The van der Waals surface area contributed by atoms with Crippen LogP contribution in [0.2, 0.25) is 0 Å². The van der Waals surface area contributed by atoms with E-state index in [2.05, 4.69) is 15.6 Å². The highest BCUT2D eigenvalue weighted by atomic mass is 16.4. The standard InChI is InChI=1S/C28H34N4O6/c1-16(2)14-21(24(33)31-23(17(3)4)27(36)37)29-25(34)22(15-18-10-6-5-7-11-18)32-26(35)19-12-8-9-13-20(19)30-28(32)38/h5-13,16-17,21-23H,14-15H2,1-4H3,(H,29,34)(H,30,38)(H,31,33)(H,36,37)/t21-,22+,23+/m0/s1. The molecule has 3 aromatic rings. The summed E-state index contributed by atoms with van der Waals surface area (Å²) in [7, 11) is 0. The Morgan fingerprint density at radius 2 is 1.53 bits per heavy atom. The zero-order chi connectivity index (χ0) is 28.0. The number of aromatic nitrogens is 2. The number of nitrogens with zero attached hydrogens (tertiary/aromatic N) is 1. The Kier molecular flexibility index (Phi) is 9.22. The number of aliphatic carboxylic acids is 1. The minimum absolute atomic E-state index is 0.0206. The Labute approximate surface area is 220 Å². The van der Waals surface area contributed by atoms with Crippen LogP contribution in [-0.4, -0.2) is 44.5 Å². The molecule has 1 heterocycles. The van der Waals surface area contributed by atoms with Gasteiger partial charge in [-0.15, -0.1) is 0 Å².